The molecule has 0 saturated carbocycles. The lowest BCUT2D eigenvalue weighted by molar-refractivity contribution is -0.274. The van der Waals surface area contributed by atoms with E-state index >= 15 is 0 Å². The van der Waals surface area contributed by atoms with Crippen molar-refractivity contribution >= 4 is 23.6 Å². The van der Waals surface area contributed by atoms with Gasteiger partial charge in [-0.1, -0.05) is 39.8 Å². The number of nitrogens with one attached hydrogen (secondary N) is 1. The molecule has 1 heterocycles. The molecule has 1 aliphatic heterocycles. The number of nitrogens with zero attached hydrogens (tertiary/aromatic N) is 1. The van der Waals surface area contributed by atoms with E-state index in [-0.39, 0.29) is 29.9 Å². The molecule has 2 rings (SSSR count). The van der Waals surface area contributed by atoms with Crippen LogP contribution < -0.4 is 10.1 Å². The third kappa shape index (κ3) is 7.13. The number of halogens is 3. The van der Waals surface area contributed by atoms with Crippen LogP contribution in [0.4, 0.5) is 13.2 Å². The number of ether oxygens (including phenoxy) is 1. The van der Waals surface area contributed by atoms with E-state index in [1.807, 2.05) is 27.7 Å². The molecule has 29 heavy (non-hydrogen) atoms. The van der Waals surface area contributed by atoms with Gasteiger partial charge in [-0.3, -0.25) is 9.59 Å². The molecule has 0 radical (unpaired) electrons. The topological polar surface area (TPSA) is 58.6 Å². The van der Waals surface area contributed by atoms with Crippen molar-refractivity contribution in [1.29, 1.82) is 0 Å². The molecule has 1 aromatic carbocycles. The van der Waals surface area contributed by atoms with Crippen LogP contribution in [-0.4, -0.2) is 41.4 Å². The smallest absolute Gasteiger partial charge is 0.406 e. The molecule has 1 N–H and O–H groups in total. The van der Waals surface area contributed by atoms with Crippen LogP contribution >= 0.6 is 11.8 Å². The van der Waals surface area contributed by atoms with Gasteiger partial charge in [-0.2, -0.15) is 0 Å². The van der Waals surface area contributed by atoms with Crippen molar-refractivity contribution in [2.75, 3.05) is 13.1 Å². The monoisotopic (exact) mass is 432 g/mol. The van der Waals surface area contributed by atoms with Crippen molar-refractivity contribution < 1.29 is 27.5 Å². The third-order valence-corrected chi connectivity index (χ3v) is 5.63. The van der Waals surface area contributed by atoms with E-state index in [0.29, 0.717) is 24.6 Å². The minimum atomic E-state index is -4.79. The highest BCUT2D eigenvalue weighted by molar-refractivity contribution is 8.01. The van der Waals surface area contributed by atoms with Gasteiger partial charge in [0.1, 0.15) is 11.1 Å². The average molecular weight is 433 g/mol. The number of alkyl halides is 3. The van der Waals surface area contributed by atoms with Gasteiger partial charge in [-0.05, 0) is 29.5 Å². The maximum Gasteiger partial charge on any atom is 0.573 e. The molecule has 2 amide bonds. The Morgan fingerprint density at radius 1 is 1.24 bits per heavy atom. The summed E-state index contributed by atoms with van der Waals surface area (Å²) in [5.41, 5.74) is 0.538. The predicted octanol–water partition coefficient (Wildman–Crippen LogP) is 4.35. The molecule has 2 unspecified atom stereocenters. The number of benzene rings is 1. The summed E-state index contributed by atoms with van der Waals surface area (Å²) in [6.45, 7) is 8.85. The van der Waals surface area contributed by atoms with Crippen molar-refractivity contribution in [2.24, 2.45) is 11.8 Å². The van der Waals surface area contributed by atoms with Crippen LogP contribution in [0.3, 0.4) is 0 Å². The second-order valence-corrected chi connectivity index (χ2v) is 9.17. The van der Waals surface area contributed by atoms with E-state index in [2.05, 4.69) is 10.1 Å². The van der Waals surface area contributed by atoms with Gasteiger partial charge in [-0.15, -0.1) is 24.9 Å². The molecule has 0 aliphatic carbocycles. The fraction of sp³-hybridized carbons (Fsp3) is 0.600. The summed E-state index contributed by atoms with van der Waals surface area (Å²) in [5.74, 6) is -0.234. The van der Waals surface area contributed by atoms with Gasteiger partial charge >= 0.3 is 6.36 Å². The molecule has 1 aliphatic rings. The Bertz CT molecular complexity index is 725. The van der Waals surface area contributed by atoms with Crippen LogP contribution in [0.15, 0.2) is 24.3 Å². The molecule has 1 saturated heterocycles. The van der Waals surface area contributed by atoms with Crippen molar-refractivity contribution in [3.63, 3.8) is 0 Å². The minimum absolute atomic E-state index is 0.0417. The lowest BCUT2D eigenvalue weighted by Crippen LogP contribution is -2.36. The highest BCUT2D eigenvalue weighted by atomic mass is 32.2. The SMILES string of the molecule is CC(C)CNC(=O)CC1SC(c2cccc(OC(F)(F)F)c2)N(CC(C)C)C1=O. The van der Waals surface area contributed by atoms with Crippen LogP contribution in [0.1, 0.15) is 45.1 Å². The average Bonchev–Trinajstić information content (AvgIpc) is 2.88. The van der Waals surface area contributed by atoms with Crippen LogP contribution in [0.2, 0.25) is 0 Å². The zero-order chi connectivity index (χ0) is 21.8. The molecule has 0 spiro atoms. The number of thioether (sulfide) groups is 1. The zero-order valence-corrected chi connectivity index (χ0v) is 17.8. The lowest BCUT2D eigenvalue weighted by Gasteiger charge is -2.26. The molecule has 1 fully saturated rings. The molecular formula is C20H27F3N2O3S. The molecule has 0 aromatic heterocycles. The zero-order valence-electron chi connectivity index (χ0n) is 17.0. The quantitative estimate of drug-likeness (QED) is 0.664. The van der Waals surface area contributed by atoms with E-state index in [4.69, 9.17) is 0 Å². The highest BCUT2D eigenvalue weighted by Crippen LogP contribution is 2.45. The second-order valence-electron chi connectivity index (χ2n) is 7.88. The summed E-state index contributed by atoms with van der Waals surface area (Å²) in [6, 6.07) is 5.66. The van der Waals surface area contributed by atoms with Gasteiger partial charge in [-0.25, -0.2) is 0 Å². The minimum Gasteiger partial charge on any atom is -0.406 e. The van der Waals surface area contributed by atoms with Gasteiger partial charge in [0, 0.05) is 19.5 Å². The molecule has 2 atom stereocenters. The number of hydrogen-bond donors (Lipinski definition) is 1. The van der Waals surface area contributed by atoms with Gasteiger partial charge in [0.05, 0.1) is 5.25 Å². The van der Waals surface area contributed by atoms with E-state index < -0.39 is 17.0 Å². The number of hydrogen-bond acceptors (Lipinski definition) is 4. The lowest BCUT2D eigenvalue weighted by atomic mass is 10.1. The van der Waals surface area contributed by atoms with Gasteiger partial charge in [0.15, 0.2) is 0 Å². The Hall–Kier alpha value is -1.90. The van der Waals surface area contributed by atoms with Crippen LogP contribution in [0.5, 0.6) is 5.75 Å². The first-order valence-corrected chi connectivity index (χ1v) is 10.5. The standard InChI is InChI=1S/C20H27F3N2O3S/c1-12(2)10-24-17(26)9-16-18(27)25(11-13(3)4)19(29-16)14-6-5-7-15(8-14)28-20(21,22)23/h5-8,12-13,16,19H,9-11H2,1-4H3,(H,24,26). The number of amides is 2. The predicted molar refractivity (Wildman–Crippen MR) is 106 cm³/mol. The van der Waals surface area contributed by atoms with Crippen molar-refractivity contribution in [1.82, 2.24) is 10.2 Å². The van der Waals surface area contributed by atoms with Gasteiger partial charge in [0.25, 0.3) is 0 Å². The molecule has 162 valence electrons. The molecule has 0 bridgehead atoms. The maximum atomic E-state index is 12.9. The fourth-order valence-electron chi connectivity index (χ4n) is 2.98. The Labute approximate surface area is 173 Å². The van der Waals surface area contributed by atoms with Gasteiger partial charge in [0.2, 0.25) is 11.8 Å². The van der Waals surface area contributed by atoms with Crippen LogP contribution in [0.25, 0.3) is 0 Å². The fourth-order valence-corrected chi connectivity index (χ4v) is 4.44. The number of rotatable bonds is 8. The first-order valence-electron chi connectivity index (χ1n) is 9.54. The number of carbonyl (C=O) groups excluding carboxylic acids is 2. The summed E-state index contributed by atoms with van der Waals surface area (Å²) < 4.78 is 41.7. The first kappa shape index (κ1) is 23.4. The van der Waals surface area contributed by atoms with Crippen LogP contribution in [-0.2, 0) is 9.59 Å². The second kappa shape index (κ2) is 9.73. The molecular weight excluding hydrogens is 405 g/mol. The Morgan fingerprint density at radius 2 is 1.93 bits per heavy atom. The maximum absolute atomic E-state index is 12.9. The summed E-state index contributed by atoms with van der Waals surface area (Å²) in [4.78, 5) is 26.8. The van der Waals surface area contributed by atoms with E-state index in [9.17, 15) is 22.8 Å². The Morgan fingerprint density at radius 3 is 2.52 bits per heavy atom. The first-order chi connectivity index (χ1) is 13.5. The van der Waals surface area contributed by atoms with Crippen LogP contribution in [0, 0.1) is 11.8 Å². The van der Waals surface area contributed by atoms with Crippen molar-refractivity contribution in [3.05, 3.63) is 29.8 Å². The van der Waals surface area contributed by atoms with E-state index in [0.717, 1.165) is 0 Å². The van der Waals surface area contributed by atoms with Crippen molar-refractivity contribution in [2.45, 2.75) is 51.1 Å². The summed E-state index contributed by atoms with van der Waals surface area (Å²) in [7, 11) is 0. The third-order valence-electron chi connectivity index (χ3n) is 4.15. The van der Waals surface area contributed by atoms with E-state index in [1.54, 1.807) is 11.0 Å². The molecule has 5 nitrogen and oxygen atoms in total. The largest absolute Gasteiger partial charge is 0.573 e. The molecule has 1 aromatic rings. The summed E-state index contributed by atoms with van der Waals surface area (Å²) >= 11 is 1.29. The number of carbonyl (C=O) groups is 2. The van der Waals surface area contributed by atoms with E-state index in [1.165, 1.54) is 30.0 Å². The highest BCUT2D eigenvalue weighted by Gasteiger charge is 2.42. The summed E-state index contributed by atoms with van der Waals surface area (Å²) in [6.07, 6.45) is -4.74. The Kier molecular flexibility index (Phi) is 7.85. The molecule has 9 heteroatoms. The summed E-state index contributed by atoms with van der Waals surface area (Å²) in [5, 5.41) is 1.77. The normalized spacial score (nSPS) is 19.9. The van der Waals surface area contributed by atoms with Gasteiger partial charge < -0.3 is 15.0 Å². The Balaban J connectivity index is 2.19. The van der Waals surface area contributed by atoms with Crippen molar-refractivity contribution in [3.8, 4) is 5.75 Å².